The summed E-state index contributed by atoms with van der Waals surface area (Å²) < 4.78 is 25.9. The van der Waals surface area contributed by atoms with Crippen molar-refractivity contribution >= 4 is 10.0 Å². The Hall–Kier alpha value is -0.130. The highest BCUT2D eigenvalue weighted by Gasteiger charge is 2.35. The van der Waals surface area contributed by atoms with Crippen LogP contribution in [0.3, 0.4) is 0 Å². The lowest BCUT2D eigenvalue weighted by Crippen LogP contribution is -2.39. The van der Waals surface area contributed by atoms with Crippen molar-refractivity contribution in [1.82, 2.24) is 4.31 Å². The molecule has 1 aliphatic carbocycles. The molecule has 4 nitrogen and oxygen atoms in total. The Balaban J connectivity index is 2.02. The summed E-state index contributed by atoms with van der Waals surface area (Å²) in [6.07, 6.45) is 4.23. The van der Waals surface area contributed by atoms with Crippen molar-refractivity contribution in [3.05, 3.63) is 0 Å². The number of aliphatic hydroxyl groups excluding tert-OH is 1. The van der Waals surface area contributed by atoms with Crippen molar-refractivity contribution < 1.29 is 13.5 Å². The molecule has 2 rings (SSSR count). The van der Waals surface area contributed by atoms with E-state index in [1.165, 1.54) is 0 Å². The monoisotopic (exact) mass is 233 g/mol. The molecule has 15 heavy (non-hydrogen) atoms. The highest BCUT2D eigenvalue weighted by Crippen LogP contribution is 2.28. The first kappa shape index (κ1) is 11.4. The first-order chi connectivity index (χ1) is 7.10. The molecular weight excluding hydrogens is 214 g/mol. The highest BCUT2D eigenvalue weighted by atomic mass is 32.2. The zero-order valence-corrected chi connectivity index (χ0v) is 9.75. The summed E-state index contributed by atoms with van der Waals surface area (Å²) in [6.45, 7) is 1.39. The maximum absolute atomic E-state index is 12.1. The van der Waals surface area contributed by atoms with E-state index in [0.29, 0.717) is 38.8 Å². The molecule has 1 heterocycles. The molecule has 0 aromatic heterocycles. The average Bonchev–Trinajstić information content (AvgIpc) is 2.71. The number of sulfonamides is 1. The summed E-state index contributed by atoms with van der Waals surface area (Å²) in [7, 11) is -3.06. The van der Waals surface area contributed by atoms with Gasteiger partial charge in [0.25, 0.3) is 0 Å². The fourth-order valence-electron chi connectivity index (χ4n) is 2.50. The zero-order valence-electron chi connectivity index (χ0n) is 8.93. The van der Waals surface area contributed by atoms with Crippen molar-refractivity contribution in [2.24, 2.45) is 0 Å². The van der Waals surface area contributed by atoms with Crippen LogP contribution < -0.4 is 0 Å². The molecular formula is C10H19NO3S. The number of nitrogens with zero attached hydrogens (tertiary/aromatic N) is 1. The summed E-state index contributed by atoms with van der Waals surface area (Å²) in [5.41, 5.74) is 0. The van der Waals surface area contributed by atoms with E-state index < -0.39 is 10.0 Å². The van der Waals surface area contributed by atoms with Gasteiger partial charge in [-0.1, -0.05) is 0 Å². The van der Waals surface area contributed by atoms with Gasteiger partial charge in [-0.25, -0.2) is 12.7 Å². The molecule has 1 aliphatic heterocycles. The maximum atomic E-state index is 12.1. The van der Waals surface area contributed by atoms with Gasteiger partial charge >= 0.3 is 0 Å². The molecule has 0 spiro atoms. The van der Waals surface area contributed by atoms with Crippen LogP contribution in [-0.4, -0.2) is 42.3 Å². The Bertz CT molecular complexity index is 301. The van der Waals surface area contributed by atoms with Crippen LogP contribution in [-0.2, 0) is 10.0 Å². The maximum Gasteiger partial charge on any atom is 0.216 e. The van der Waals surface area contributed by atoms with Gasteiger partial charge in [0.2, 0.25) is 10.0 Å². The smallest absolute Gasteiger partial charge is 0.216 e. The van der Waals surface area contributed by atoms with Crippen molar-refractivity contribution in [2.45, 2.75) is 49.9 Å². The predicted molar refractivity (Wildman–Crippen MR) is 58.0 cm³/mol. The second-order valence-corrected chi connectivity index (χ2v) is 6.79. The molecule has 0 bridgehead atoms. The minimum Gasteiger partial charge on any atom is -0.393 e. The quantitative estimate of drug-likeness (QED) is 0.764. The zero-order chi connectivity index (χ0) is 10.9. The van der Waals surface area contributed by atoms with Gasteiger partial charge in [0, 0.05) is 13.1 Å². The van der Waals surface area contributed by atoms with Gasteiger partial charge in [0.1, 0.15) is 0 Å². The second-order valence-electron chi connectivity index (χ2n) is 4.58. The molecule has 0 aromatic rings. The molecule has 0 aromatic carbocycles. The molecule has 0 radical (unpaired) electrons. The van der Waals surface area contributed by atoms with Gasteiger partial charge in [0.05, 0.1) is 11.4 Å². The molecule has 1 N–H and O–H groups in total. The van der Waals surface area contributed by atoms with E-state index in [1.807, 2.05) is 0 Å². The van der Waals surface area contributed by atoms with E-state index in [4.69, 9.17) is 0 Å². The molecule has 88 valence electrons. The minimum atomic E-state index is -3.06. The lowest BCUT2D eigenvalue weighted by atomic mass is 9.97. The van der Waals surface area contributed by atoms with E-state index in [9.17, 15) is 13.5 Å². The fraction of sp³-hybridized carbons (Fsp3) is 1.00. The molecule has 0 atom stereocenters. The van der Waals surface area contributed by atoms with Crippen LogP contribution in [0.2, 0.25) is 0 Å². The molecule has 1 saturated heterocycles. The third-order valence-electron chi connectivity index (χ3n) is 3.49. The van der Waals surface area contributed by atoms with Crippen LogP contribution >= 0.6 is 0 Å². The summed E-state index contributed by atoms with van der Waals surface area (Å²) in [5.74, 6) is 0. The summed E-state index contributed by atoms with van der Waals surface area (Å²) in [6, 6.07) is 0. The van der Waals surface area contributed by atoms with Crippen molar-refractivity contribution in [3.63, 3.8) is 0 Å². The first-order valence-corrected chi connectivity index (χ1v) is 7.28. The number of aliphatic hydroxyl groups is 1. The lowest BCUT2D eigenvalue weighted by Gasteiger charge is -2.28. The van der Waals surface area contributed by atoms with Crippen molar-refractivity contribution in [1.29, 1.82) is 0 Å². The fourth-order valence-corrected chi connectivity index (χ4v) is 4.55. The van der Waals surface area contributed by atoms with E-state index in [-0.39, 0.29) is 11.4 Å². The van der Waals surface area contributed by atoms with Crippen LogP contribution in [0.5, 0.6) is 0 Å². The van der Waals surface area contributed by atoms with E-state index in [2.05, 4.69) is 0 Å². The van der Waals surface area contributed by atoms with E-state index in [0.717, 1.165) is 12.8 Å². The normalized spacial score (nSPS) is 34.5. The van der Waals surface area contributed by atoms with Crippen LogP contribution in [0.25, 0.3) is 0 Å². The summed E-state index contributed by atoms with van der Waals surface area (Å²) in [5, 5.41) is 9.11. The molecule has 0 unspecified atom stereocenters. The van der Waals surface area contributed by atoms with Gasteiger partial charge in [0.15, 0.2) is 0 Å². The van der Waals surface area contributed by atoms with Gasteiger partial charge in [-0.15, -0.1) is 0 Å². The van der Waals surface area contributed by atoms with Gasteiger partial charge in [-0.05, 0) is 38.5 Å². The van der Waals surface area contributed by atoms with Crippen molar-refractivity contribution in [2.75, 3.05) is 13.1 Å². The van der Waals surface area contributed by atoms with Gasteiger partial charge < -0.3 is 5.11 Å². The number of hydrogen-bond acceptors (Lipinski definition) is 3. The first-order valence-electron chi connectivity index (χ1n) is 5.78. The van der Waals surface area contributed by atoms with Gasteiger partial charge in [-0.2, -0.15) is 0 Å². The topological polar surface area (TPSA) is 57.6 Å². The summed E-state index contributed by atoms with van der Waals surface area (Å²) >= 11 is 0. The molecule has 2 aliphatic rings. The number of hydrogen-bond donors (Lipinski definition) is 1. The molecule has 1 saturated carbocycles. The third kappa shape index (κ3) is 2.34. The van der Waals surface area contributed by atoms with Crippen molar-refractivity contribution in [3.8, 4) is 0 Å². The Morgan fingerprint density at radius 3 is 2.07 bits per heavy atom. The Morgan fingerprint density at radius 2 is 1.53 bits per heavy atom. The van der Waals surface area contributed by atoms with E-state index >= 15 is 0 Å². The standard InChI is InChI=1S/C10H19NO3S/c12-9-3-5-10(6-4-9)15(13,14)11-7-1-2-8-11/h9-10,12H,1-8H2. The Labute approximate surface area is 91.3 Å². The third-order valence-corrected chi connectivity index (χ3v) is 5.89. The van der Waals surface area contributed by atoms with Crippen LogP contribution in [0.4, 0.5) is 0 Å². The molecule has 0 amide bonds. The Kier molecular flexibility index (Phi) is 3.33. The van der Waals surface area contributed by atoms with Crippen LogP contribution in [0.15, 0.2) is 0 Å². The molecule has 5 heteroatoms. The van der Waals surface area contributed by atoms with Gasteiger partial charge in [-0.3, -0.25) is 0 Å². The minimum absolute atomic E-state index is 0.237. The second kappa shape index (κ2) is 4.39. The summed E-state index contributed by atoms with van der Waals surface area (Å²) in [4.78, 5) is 0. The SMILES string of the molecule is O=S(=O)(C1CCC(O)CC1)N1CCCC1. The average molecular weight is 233 g/mol. The highest BCUT2D eigenvalue weighted by molar-refractivity contribution is 7.89. The van der Waals surface area contributed by atoms with Crippen LogP contribution in [0.1, 0.15) is 38.5 Å². The predicted octanol–water partition coefficient (Wildman–Crippen LogP) is 0.715. The Morgan fingerprint density at radius 1 is 1.00 bits per heavy atom. The van der Waals surface area contributed by atoms with E-state index in [1.54, 1.807) is 4.31 Å². The van der Waals surface area contributed by atoms with Crippen LogP contribution in [0, 0.1) is 0 Å². The largest absolute Gasteiger partial charge is 0.393 e. The number of rotatable bonds is 2. The molecule has 2 fully saturated rings. The lowest BCUT2D eigenvalue weighted by molar-refractivity contribution is 0.130.